The summed E-state index contributed by atoms with van der Waals surface area (Å²) in [5.41, 5.74) is 5.62. The van der Waals surface area contributed by atoms with Gasteiger partial charge in [-0.15, -0.1) is 24.0 Å². The van der Waals surface area contributed by atoms with Crippen LogP contribution in [0, 0.1) is 5.41 Å². The summed E-state index contributed by atoms with van der Waals surface area (Å²) in [6.07, 6.45) is 0. The van der Waals surface area contributed by atoms with Crippen molar-refractivity contribution in [3.8, 4) is 5.75 Å². The molecule has 1 heterocycles. The van der Waals surface area contributed by atoms with Crippen LogP contribution in [0.2, 0.25) is 0 Å². The maximum Gasteiger partial charge on any atom is 0.224 e. The molecule has 1 fully saturated rings. The number of anilines is 1. The number of rotatable bonds is 5. The Morgan fingerprint density at radius 1 is 1.27 bits per heavy atom. The van der Waals surface area contributed by atoms with Crippen LogP contribution in [-0.4, -0.2) is 61.1 Å². The molecule has 0 bridgehead atoms. The number of piperazine rings is 1. The molecule has 2 rings (SSSR count). The summed E-state index contributed by atoms with van der Waals surface area (Å²) >= 11 is 0. The molecule has 1 aromatic carbocycles. The Morgan fingerprint density at radius 3 is 2.42 bits per heavy atom. The standard InChI is InChI=1S/C18H29N5O2.HI/c1-4-20-17(21-13-18(2,3)16(19)25)23-11-9-22(10-12-23)14-7-5-6-8-15(14)24;/h5-8,24H,4,9-13H2,1-3H3,(H2,19,25)(H,20,21);1H. The average Bonchev–Trinajstić information content (AvgIpc) is 2.59. The topological polar surface area (TPSA) is 94.2 Å². The number of nitrogens with zero attached hydrogens (tertiary/aromatic N) is 3. The van der Waals surface area contributed by atoms with E-state index in [0.29, 0.717) is 12.3 Å². The van der Waals surface area contributed by atoms with Gasteiger partial charge in [0.05, 0.1) is 17.6 Å². The second-order valence-corrected chi connectivity index (χ2v) is 6.88. The predicted octanol–water partition coefficient (Wildman–Crippen LogP) is 1.61. The van der Waals surface area contributed by atoms with E-state index in [4.69, 9.17) is 5.73 Å². The molecule has 1 amide bonds. The lowest BCUT2D eigenvalue weighted by Gasteiger charge is -2.38. The van der Waals surface area contributed by atoms with E-state index >= 15 is 0 Å². The summed E-state index contributed by atoms with van der Waals surface area (Å²) in [5, 5.41) is 13.3. The van der Waals surface area contributed by atoms with Gasteiger partial charge in [0.2, 0.25) is 5.91 Å². The Hall–Kier alpha value is -1.71. The summed E-state index contributed by atoms with van der Waals surface area (Å²) in [6.45, 7) is 9.90. The van der Waals surface area contributed by atoms with Crippen LogP contribution in [0.3, 0.4) is 0 Å². The molecular weight excluding hydrogens is 445 g/mol. The number of carbonyl (C=O) groups excluding carboxylic acids is 1. The predicted molar refractivity (Wildman–Crippen MR) is 116 cm³/mol. The van der Waals surface area contributed by atoms with Crippen LogP contribution < -0.4 is 16.0 Å². The van der Waals surface area contributed by atoms with Crippen LogP contribution in [0.15, 0.2) is 29.3 Å². The molecule has 1 aliphatic rings. The van der Waals surface area contributed by atoms with Gasteiger partial charge in [-0.05, 0) is 32.9 Å². The van der Waals surface area contributed by atoms with E-state index < -0.39 is 5.41 Å². The van der Waals surface area contributed by atoms with Gasteiger partial charge in [0.15, 0.2) is 5.96 Å². The Bertz CT molecular complexity index is 628. The van der Waals surface area contributed by atoms with Crippen molar-refractivity contribution in [2.75, 3.05) is 44.2 Å². The number of nitrogens with two attached hydrogens (primary N) is 1. The molecule has 26 heavy (non-hydrogen) atoms. The SMILES string of the molecule is CCNC(=NCC(C)(C)C(N)=O)N1CCN(c2ccccc2O)CC1.I. The number of para-hydroxylation sites is 2. The molecular formula is C18H30IN5O2. The first-order valence-electron chi connectivity index (χ1n) is 8.71. The molecule has 0 atom stereocenters. The molecule has 1 aliphatic heterocycles. The summed E-state index contributed by atoms with van der Waals surface area (Å²) in [6, 6.07) is 7.39. The van der Waals surface area contributed by atoms with E-state index in [1.165, 1.54) is 0 Å². The summed E-state index contributed by atoms with van der Waals surface area (Å²) in [4.78, 5) is 20.4. The van der Waals surface area contributed by atoms with Gasteiger partial charge in [-0.2, -0.15) is 0 Å². The average molecular weight is 475 g/mol. The first-order valence-corrected chi connectivity index (χ1v) is 8.71. The summed E-state index contributed by atoms with van der Waals surface area (Å²) in [5.74, 6) is 0.755. The summed E-state index contributed by atoms with van der Waals surface area (Å²) in [7, 11) is 0. The number of phenolic OH excluding ortho intramolecular Hbond substituents is 1. The number of hydrogen-bond donors (Lipinski definition) is 3. The van der Waals surface area contributed by atoms with E-state index in [9.17, 15) is 9.90 Å². The lowest BCUT2D eigenvalue weighted by molar-refractivity contribution is -0.125. The Balaban J connectivity index is 0.00000338. The van der Waals surface area contributed by atoms with E-state index in [1.807, 2.05) is 25.1 Å². The van der Waals surface area contributed by atoms with E-state index in [0.717, 1.165) is 44.4 Å². The van der Waals surface area contributed by atoms with Gasteiger partial charge in [0.1, 0.15) is 5.75 Å². The van der Waals surface area contributed by atoms with Crippen molar-refractivity contribution in [2.45, 2.75) is 20.8 Å². The number of halogens is 1. The van der Waals surface area contributed by atoms with Crippen LogP contribution in [-0.2, 0) is 4.79 Å². The quantitative estimate of drug-likeness (QED) is 0.342. The van der Waals surface area contributed by atoms with Crippen molar-refractivity contribution >= 4 is 41.5 Å². The third-order valence-corrected chi connectivity index (χ3v) is 4.43. The lowest BCUT2D eigenvalue weighted by atomic mass is 9.93. The number of hydrogen-bond acceptors (Lipinski definition) is 4. The van der Waals surface area contributed by atoms with Gasteiger partial charge in [-0.3, -0.25) is 9.79 Å². The largest absolute Gasteiger partial charge is 0.506 e. The van der Waals surface area contributed by atoms with Crippen LogP contribution in [0.4, 0.5) is 5.69 Å². The number of guanidine groups is 1. The zero-order chi connectivity index (χ0) is 18.4. The number of aromatic hydroxyl groups is 1. The monoisotopic (exact) mass is 475 g/mol. The normalized spacial score (nSPS) is 15.4. The minimum Gasteiger partial charge on any atom is -0.506 e. The maximum atomic E-state index is 11.5. The van der Waals surface area contributed by atoms with Gasteiger partial charge in [-0.25, -0.2) is 0 Å². The van der Waals surface area contributed by atoms with Crippen molar-refractivity contribution in [1.82, 2.24) is 10.2 Å². The van der Waals surface area contributed by atoms with Gasteiger partial charge in [-0.1, -0.05) is 12.1 Å². The molecule has 0 aromatic heterocycles. The van der Waals surface area contributed by atoms with Gasteiger partial charge in [0, 0.05) is 32.7 Å². The van der Waals surface area contributed by atoms with E-state index in [1.54, 1.807) is 19.9 Å². The van der Waals surface area contributed by atoms with Crippen LogP contribution in [0.25, 0.3) is 0 Å². The molecule has 0 unspecified atom stereocenters. The van der Waals surface area contributed by atoms with Gasteiger partial charge in [0.25, 0.3) is 0 Å². The fourth-order valence-electron chi connectivity index (χ4n) is 2.67. The van der Waals surface area contributed by atoms with Crippen molar-refractivity contribution in [3.63, 3.8) is 0 Å². The highest BCUT2D eigenvalue weighted by Gasteiger charge is 2.26. The molecule has 0 saturated carbocycles. The first kappa shape index (κ1) is 22.3. The van der Waals surface area contributed by atoms with Crippen LogP contribution in [0.5, 0.6) is 5.75 Å². The minimum absolute atomic E-state index is 0. The molecule has 1 saturated heterocycles. The second kappa shape index (κ2) is 9.84. The highest BCUT2D eigenvalue weighted by atomic mass is 127. The molecule has 7 nitrogen and oxygen atoms in total. The van der Waals surface area contributed by atoms with Gasteiger partial charge >= 0.3 is 0 Å². The molecule has 0 radical (unpaired) electrons. The molecule has 1 aromatic rings. The van der Waals surface area contributed by atoms with Gasteiger partial charge < -0.3 is 26.0 Å². The molecule has 4 N–H and O–H groups in total. The minimum atomic E-state index is -0.668. The lowest BCUT2D eigenvalue weighted by Crippen LogP contribution is -2.53. The Kier molecular flexibility index (Phi) is 8.45. The zero-order valence-electron chi connectivity index (χ0n) is 15.7. The van der Waals surface area contributed by atoms with Crippen molar-refractivity contribution in [1.29, 1.82) is 0 Å². The number of amides is 1. The Morgan fingerprint density at radius 2 is 1.88 bits per heavy atom. The summed E-state index contributed by atoms with van der Waals surface area (Å²) < 4.78 is 0. The fourth-order valence-corrected chi connectivity index (χ4v) is 2.67. The van der Waals surface area contributed by atoms with Crippen LogP contribution in [0.1, 0.15) is 20.8 Å². The number of benzene rings is 1. The molecule has 8 heteroatoms. The third kappa shape index (κ3) is 5.65. The molecule has 0 spiro atoms. The number of primary amides is 1. The van der Waals surface area contributed by atoms with E-state index in [-0.39, 0.29) is 29.9 Å². The molecule has 146 valence electrons. The fraction of sp³-hybridized carbons (Fsp3) is 0.556. The van der Waals surface area contributed by atoms with Crippen molar-refractivity contribution in [3.05, 3.63) is 24.3 Å². The highest BCUT2D eigenvalue weighted by molar-refractivity contribution is 14.0. The highest BCUT2D eigenvalue weighted by Crippen LogP contribution is 2.27. The number of phenols is 1. The van der Waals surface area contributed by atoms with Crippen LogP contribution >= 0.6 is 24.0 Å². The zero-order valence-corrected chi connectivity index (χ0v) is 18.1. The maximum absolute atomic E-state index is 11.5. The smallest absolute Gasteiger partial charge is 0.224 e. The first-order chi connectivity index (χ1) is 11.8. The third-order valence-electron chi connectivity index (χ3n) is 4.43. The van der Waals surface area contributed by atoms with Crippen molar-refractivity contribution in [2.24, 2.45) is 16.1 Å². The van der Waals surface area contributed by atoms with Crippen molar-refractivity contribution < 1.29 is 9.90 Å². The number of nitrogens with one attached hydrogen (secondary N) is 1. The van der Waals surface area contributed by atoms with E-state index in [2.05, 4.69) is 20.1 Å². The molecule has 0 aliphatic carbocycles. The Labute approximate surface area is 172 Å². The number of carbonyl (C=O) groups is 1. The second-order valence-electron chi connectivity index (χ2n) is 6.88. The number of aliphatic imine (C=N–C) groups is 1.